The predicted octanol–water partition coefficient (Wildman–Crippen LogP) is -1.95. The Morgan fingerprint density at radius 1 is 1.25 bits per heavy atom. The molecule has 0 heterocycles. The average molecular weight is 296 g/mol. The van der Waals surface area contributed by atoms with E-state index < -0.39 is 0 Å². The Hall–Kier alpha value is 3.44. The van der Waals surface area contributed by atoms with E-state index in [1.54, 1.807) is 0 Å². The first-order valence-electron chi connectivity index (χ1n) is 0.183. The third-order valence-corrected chi connectivity index (χ3v) is 0. The Labute approximate surface area is 112 Å². The van der Waals surface area contributed by atoms with Crippen LogP contribution in [0.3, 0.4) is 0 Å². The van der Waals surface area contributed by atoms with Gasteiger partial charge in [-0.3, -0.25) is 0 Å². The summed E-state index contributed by atoms with van der Waals surface area (Å²) in [4.78, 5) is 0. The molecule has 4 heavy (non-hydrogen) atoms. The SMILES string of the molecule is [BaH2].[O]=[V].[SrH2]. The fraction of sp³-hybridized carbons (Fsp3) is 0. The zero-order valence-corrected chi connectivity index (χ0v) is 2.25. The van der Waals surface area contributed by atoms with Gasteiger partial charge < -0.3 is 0 Å². The quantitative estimate of drug-likeness (QED) is 0.475. The first kappa shape index (κ1) is 15.7. The van der Waals surface area contributed by atoms with E-state index in [4.69, 9.17) is 3.67 Å². The fourth-order valence-corrected chi connectivity index (χ4v) is 0. The Balaban J connectivity index is -0.00000000500. The predicted molar refractivity (Wildman–Crippen MR) is 17.8 cm³/mol. The molecule has 0 aliphatic heterocycles. The molecule has 19 valence electrons. The summed E-state index contributed by atoms with van der Waals surface area (Å²) in [5.74, 6) is 0. The molecule has 0 bridgehead atoms. The third kappa shape index (κ3) is 9.06. The number of hydrogen-bond acceptors (Lipinski definition) is 1. The van der Waals surface area contributed by atoms with Crippen LogP contribution >= 0.6 is 0 Å². The molecule has 0 aromatic carbocycles. The van der Waals surface area contributed by atoms with Crippen LogP contribution in [-0.4, -0.2) is 94.4 Å². The van der Waals surface area contributed by atoms with E-state index in [0.717, 1.165) is 17.4 Å². The van der Waals surface area contributed by atoms with Crippen molar-refractivity contribution in [2.75, 3.05) is 0 Å². The van der Waals surface area contributed by atoms with Gasteiger partial charge in [0.05, 0.1) is 0 Å². The van der Waals surface area contributed by atoms with Crippen molar-refractivity contribution in [2.24, 2.45) is 0 Å². The van der Waals surface area contributed by atoms with E-state index in [1.165, 1.54) is 0 Å². The maximum atomic E-state index is 8.19. The van der Waals surface area contributed by atoms with Gasteiger partial charge in [0.1, 0.15) is 0 Å². The number of hydrogen-bond donors (Lipinski definition) is 0. The standard InChI is InChI=1S/Ba.O.Sr.V.4H. The molecule has 0 fully saturated rings. The first-order chi connectivity index (χ1) is 1.00. The molecule has 0 unspecified atom stereocenters. The normalized spacial score (nSPS) is 0.750. The summed E-state index contributed by atoms with van der Waals surface area (Å²) in [7, 11) is 0. The number of rotatable bonds is 0. The van der Waals surface area contributed by atoms with E-state index >= 15 is 0 Å². The van der Waals surface area contributed by atoms with Crippen LogP contribution in [0, 0.1) is 0 Å². The molecule has 0 aliphatic carbocycles. The topological polar surface area (TPSA) is 17.1 Å². The fourth-order valence-electron chi connectivity index (χ4n) is 0. The minimum absolute atomic E-state index is 0. The van der Waals surface area contributed by atoms with Gasteiger partial charge in [-0.25, -0.2) is 0 Å². The van der Waals surface area contributed by atoms with Gasteiger partial charge in [-0.1, -0.05) is 0 Å². The summed E-state index contributed by atoms with van der Waals surface area (Å²) in [6.07, 6.45) is 0. The van der Waals surface area contributed by atoms with E-state index in [9.17, 15) is 0 Å². The van der Waals surface area contributed by atoms with Crippen LogP contribution in [0.5, 0.6) is 0 Å². The Morgan fingerprint density at radius 2 is 1.25 bits per heavy atom. The molecular weight excluding hydrogens is 292 g/mol. The van der Waals surface area contributed by atoms with Crippen LogP contribution in [0.4, 0.5) is 0 Å². The Kier molecular flexibility index (Phi) is 63.0. The van der Waals surface area contributed by atoms with Gasteiger partial charge in [0.25, 0.3) is 0 Å². The van der Waals surface area contributed by atoms with Gasteiger partial charge >= 0.3 is 115 Å². The summed E-state index contributed by atoms with van der Waals surface area (Å²) in [5, 5.41) is 0. The molecular formula is H4BaOSrV. The van der Waals surface area contributed by atoms with Crippen molar-refractivity contribution in [3.63, 3.8) is 0 Å². The Bertz CT molecular complexity index is 8.00. The summed E-state index contributed by atoms with van der Waals surface area (Å²) in [5.41, 5.74) is 0. The van der Waals surface area contributed by atoms with Crippen molar-refractivity contribution in [1.82, 2.24) is 0 Å². The van der Waals surface area contributed by atoms with Gasteiger partial charge in [-0.15, -0.1) is 0 Å². The van der Waals surface area contributed by atoms with Crippen molar-refractivity contribution in [2.45, 2.75) is 0 Å². The molecule has 0 amide bonds. The van der Waals surface area contributed by atoms with Crippen LogP contribution in [0.15, 0.2) is 0 Å². The molecule has 0 spiro atoms. The van der Waals surface area contributed by atoms with Crippen LogP contribution in [0.25, 0.3) is 0 Å². The minimum atomic E-state index is 0. The van der Waals surface area contributed by atoms with E-state index in [1.807, 2.05) is 0 Å². The van der Waals surface area contributed by atoms with E-state index in [-0.39, 0.29) is 94.4 Å². The molecule has 0 atom stereocenters. The second-order valence-corrected chi connectivity index (χ2v) is 0. The van der Waals surface area contributed by atoms with Gasteiger partial charge in [-0.2, -0.15) is 0 Å². The van der Waals surface area contributed by atoms with Crippen molar-refractivity contribution >= 4 is 94.4 Å². The van der Waals surface area contributed by atoms with Crippen LogP contribution in [0.1, 0.15) is 0 Å². The van der Waals surface area contributed by atoms with Crippen molar-refractivity contribution < 1.29 is 21.0 Å². The van der Waals surface area contributed by atoms with Crippen LogP contribution in [0.2, 0.25) is 0 Å². The summed E-state index contributed by atoms with van der Waals surface area (Å²) < 4.78 is 8.19. The molecule has 0 saturated heterocycles. The second kappa shape index (κ2) is 16.1. The molecule has 0 saturated carbocycles. The monoisotopic (exact) mass is 297 g/mol. The average Bonchev–Trinajstić information content (AvgIpc) is 1.00. The van der Waals surface area contributed by atoms with Crippen molar-refractivity contribution in [1.29, 1.82) is 0 Å². The van der Waals surface area contributed by atoms with Crippen molar-refractivity contribution in [3.8, 4) is 0 Å². The van der Waals surface area contributed by atoms with E-state index in [0.29, 0.717) is 0 Å². The first-order valence-corrected chi connectivity index (χ1v) is 0.753. The molecule has 1 nitrogen and oxygen atoms in total. The van der Waals surface area contributed by atoms with Gasteiger partial charge in [0.15, 0.2) is 0 Å². The third-order valence-electron chi connectivity index (χ3n) is 0. The summed E-state index contributed by atoms with van der Waals surface area (Å²) >= 11 is 1.06. The van der Waals surface area contributed by atoms with Gasteiger partial charge in [-0.05, 0) is 0 Å². The molecule has 0 radical (unpaired) electrons. The molecule has 0 aromatic heterocycles. The van der Waals surface area contributed by atoms with Crippen LogP contribution < -0.4 is 0 Å². The molecule has 0 aromatic rings. The summed E-state index contributed by atoms with van der Waals surface area (Å²) in [6, 6.07) is 0. The molecule has 0 rings (SSSR count). The molecule has 4 heteroatoms. The second-order valence-electron chi connectivity index (χ2n) is 0. The van der Waals surface area contributed by atoms with Crippen molar-refractivity contribution in [3.05, 3.63) is 0 Å². The van der Waals surface area contributed by atoms with Gasteiger partial charge in [0.2, 0.25) is 0 Å². The maximum absolute atomic E-state index is 8.19. The Morgan fingerprint density at radius 3 is 1.25 bits per heavy atom. The molecule has 0 N–H and O–H groups in total. The zero-order chi connectivity index (χ0) is 2.00. The zero-order valence-electron chi connectivity index (χ0n) is 0.855. The van der Waals surface area contributed by atoms with Gasteiger partial charge in [0, 0.05) is 0 Å². The summed E-state index contributed by atoms with van der Waals surface area (Å²) in [6.45, 7) is 0. The molecule has 0 aliphatic rings. The van der Waals surface area contributed by atoms with Crippen LogP contribution in [-0.2, 0) is 21.0 Å². The van der Waals surface area contributed by atoms with E-state index in [2.05, 4.69) is 0 Å².